The molecule has 3 heteroatoms. The van der Waals surface area contributed by atoms with E-state index in [2.05, 4.69) is 54.6 Å². The summed E-state index contributed by atoms with van der Waals surface area (Å²) < 4.78 is 17.4. The van der Waals surface area contributed by atoms with Crippen LogP contribution in [0.5, 0.6) is 11.5 Å². The van der Waals surface area contributed by atoms with Gasteiger partial charge in [0.2, 0.25) is 0 Å². The molecule has 1 saturated heterocycles. The lowest BCUT2D eigenvalue weighted by molar-refractivity contribution is 0.265. The highest BCUT2D eigenvalue weighted by Crippen LogP contribution is 2.34. The Balaban J connectivity index is 1.43. The second kappa shape index (κ2) is 6.93. The van der Waals surface area contributed by atoms with E-state index in [9.17, 15) is 0 Å². The Kier molecular flexibility index (Phi) is 4.15. The van der Waals surface area contributed by atoms with Crippen molar-refractivity contribution in [2.45, 2.75) is 12.7 Å². The summed E-state index contributed by atoms with van der Waals surface area (Å²) in [5, 5.41) is 4.59. The zero-order valence-corrected chi connectivity index (χ0v) is 14.9. The number of benzene rings is 4. The molecule has 1 unspecified atom stereocenters. The molecule has 1 atom stereocenters. The van der Waals surface area contributed by atoms with Crippen molar-refractivity contribution in [2.75, 3.05) is 13.2 Å². The first-order chi connectivity index (χ1) is 13.4. The van der Waals surface area contributed by atoms with E-state index in [0.717, 1.165) is 28.9 Å². The van der Waals surface area contributed by atoms with Crippen LogP contribution in [0.15, 0.2) is 78.9 Å². The number of ether oxygens (including phenoxy) is 3. The van der Waals surface area contributed by atoms with Crippen LogP contribution in [0.2, 0.25) is 0 Å². The largest absolute Gasteiger partial charge is 0.490 e. The van der Waals surface area contributed by atoms with Crippen LogP contribution in [0.1, 0.15) is 5.56 Å². The molecule has 1 heterocycles. The van der Waals surface area contributed by atoms with Crippen LogP contribution in [0.3, 0.4) is 0 Å². The number of epoxide rings is 1. The first-order valence-electron chi connectivity index (χ1n) is 9.24. The molecule has 1 aliphatic rings. The van der Waals surface area contributed by atoms with E-state index in [1.807, 2.05) is 24.3 Å². The third-order valence-corrected chi connectivity index (χ3v) is 4.93. The molecule has 1 aliphatic heterocycles. The van der Waals surface area contributed by atoms with Crippen molar-refractivity contribution in [3.05, 3.63) is 84.4 Å². The minimum absolute atomic E-state index is 0.242. The maximum Gasteiger partial charge on any atom is 0.127 e. The quantitative estimate of drug-likeness (QED) is 0.436. The second-order valence-electron chi connectivity index (χ2n) is 6.80. The predicted molar refractivity (Wildman–Crippen MR) is 107 cm³/mol. The Bertz CT molecular complexity index is 1090. The fraction of sp³-hybridized carbons (Fsp3) is 0.167. The van der Waals surface area contributed by atoms with E-state index < -0.39 is 0 Å². The predicted octanol–water partition coefficient (Wildman–Crippen LogP) is 5.35. The van der Waals surface area contributed by atoms with Gasteiger partial charge in [0, 0.05) is 10.8 Å². The number of rotatable bonds is 6. The van der Waals surface area contributed by atoms with Gasteiger partial charge in [0.05, 0.1) is 6.61 Å². The van der Waals surface area contributed by atoms with E-state index in [4.69, 9.17) is 14.2 Å². The number of fused-ring (bicyclic) bond motifs is 2. The average Bonchev–Trinajstić information content (AvgIpc) is 3.55. The van der Waals surface area contributed by atoms with Gasteiger partial charge in [0.25, 0.3) is 0 Å². The monoisotopic (exact) mass is 356 g/mol. The first-order valence-corrected chi connectivity index (χ1v) is 9.24. The molecular formula is C24H20O3. The van der Waals surface area contributed by atoms with Crippen molar-refractivity contribution in [1.82, 2.24) is 0 Å². The molecule has 4 aromatic rings. The van der Waals surface area contributed by atoms with Crippen LogP contribution in [-0.4, -0.2) is 19.3 Å². The molecule has 0 spiro atoms. The number of hydrogen-bond donors (Lipinski definition) is 0. The van der Waals surface area contributed by atoms with Gasteiger partial charge in [-0.15, -0.1) is 0 Å². The fourth-order valence-electron chi connectivity index (χ4n) is 3.42. The SMILES string of the molecule is c1ccc2c(COc3ccc(OCC4CO4)c4ccccc34)cccc2c1. The van der Waals surface area contributed by atoms with Gasteiger partial charge >= 0.3 is 0 Å². The van der Waals surface area contributed by atoms with Crippen LogP contribution >= 0.6 is 0 Å². The third-order valence-electron chi connectivity index (χ3n) is 4.93. The van der Waals surface area contributed by atoms with Gasteiger partial charge in [0.15, 0.2) is 0 Å². The van der Waals surface area contributed by atoms with E-state index in [0.29, 0.717) is 13.2 Å². The molecule has 3 nitrogen and oxygen atoms in total. The molecular weight excluding hydrogens is 336 g/mol. The van der Waals surface area contributed by atoms with Gasteiger partial charge in [-0.1, -0.05) is 66.7 Å². The highest BCUT2D eigenvalue weighted by molar-refractivity contribution is 5.93. The zero-order chi connectivity index (χ0) is 18.1. The van der Waals surface area contributed by atoms with Crippen LogP contribution in [0.25, 0.3) is 21.5 Å². The van der Waals surface area contributed by atoms with Crippen molar-refractivity contribution in [3.63, 3.8) is 0 Å². The second-order valence-corrected chi connectivity index (χ2v) is 6.80. The lowest BCUT2D eigenvalue weighted by Crippen LogP contribution is -2.04. The number of hydrogen-bond acceptors (Lipinski definition) is 3. The Morgan fingerprint density at radius 3 is 2.07 bits per heavy atom. The van der Waals surface area contributed by atoms with Gasteiger partial charge in [-0.25, -0.2) is 0 Å². The minimum Gasteiger partial charge on any atom is -0.490 e. The van der Waals surface area contributed by atoms with Crippen LogP contribution in [-0.2, 0) is 11.3 Å². The van der Waals surface area contributed by atoms with Gasteiger partial charge < -0.3 is 14.2 Å². The van der Waals surface area contributed by atoms with Crippen molar-refractivity contribution < 1.29 is 14.2 Å². The Morgan fingerprint density at radius 1 is 0.704 bits per heavy atom. The molecule has 4 aromatic carbocycles. The Hall–Kier alpha value is -3.04. The molecule has 134 valence electrons. The molecule has 0 aromatic heterocycles. The lowest BCUT2D eigenvalue weighted by atomic mass is 10.1. The van der Waals surface area contributed by atoms with Crippen molar-refractivity contribution in [2.24, 2.45) is 0 Å². The smallest absolute Gasteiger partial charge is 0.127 e. The molecule has 5 rings (SSSR count). The summed E-state index contributed by atoms with van der Waals surface area (Å²) >= 11 is 0. The van der Waals surface area contributed by atoms with Crippen LogP contribution in [0.4, 0.5) is 0 Å². The van der Waals surface area contributed by atoms with E-state index >= 15 is 0 Å². The fourth-order valence-corrected chi connectivity index (χ4v) is 3.42. The molecule has 0 bridgehead atoms. The lowest BCUT2D eigenvalue weighted by Gasteiger charge is -2.14. The van der Waals surface area contributed by atoms with E-state index in [1.54, 1.807) is 0 Å². The summed E-state index contributed by atoms with van der Waals surface area (Å²) in [5.41, 5.74) is 1.18. The van der Waals surface area contributed by atoms with Crippen molar-refractivity contribution >= 4 is 21.5 Å². The average molecular weight is 356 g/mol. The molecule has 1 fully saturated rings. The summed E-state index contributed by atoms with van der Waals surface area (Å²) in [6.45, 7) is 1.92. The molecule has 0 radical (unpaired) electrons. The van der Waals surface area contributed by atoms with Gasteiger partial charge in [-0.05, 0) is 28.5 Å². The normalized spacial score (nSPS) is 15.8. The first kappa shape index (κ1) is 16.2. The molecule has 0 saturated carbocycles. The summed E-state index contributed by atoms with van der Waals surface area (Å²) in [6.07, 6.45) is 0.242. The van der Waals surface area contributed by atoms with Crippen LogP contribution < -0.4 is 9.47 Å². The minimum atomic E-state index is 0.242. The molecule has 0 N–H and O–H groups in total. The Morgan fingerprint density at radius 2 is 1.33 bits per heavy atom. The van der Waals surface area contributed by atoms with Crippen LogP contribution in [0, 0.1) is 0 Å². The zero-order valence-electron chi connectivity index (χ0n) is 14.9. The van der Waals surface area contributed by atoms with Crippen molar-refractivity contribution in [3.8, 4) is 11.5 Å². The topological polar surface area (TPSA) is 31.0 Å². The Labute approximate surface area is 158 Å². The maximum atomic E-state index is 6.23. The molecule has 0 amide bonds. The third kappa shape index (κ3) is 3.34. The summed E-state index contributed by atoms with van der Waals surface area (Å²) in [5.74, 6) is 1.74. The highest BCUT2D eigenvalue weighted by atomic mass is 16.6. The maximum absolute atomic E-state index is 6.23. The summed E-state index contributed by atoms with van der Waals surface area (Å²) in [7, 11) is 0. The molecule has 0 aliphatic carbocycles. The van der Waals surface area contributed by atoms with Crippen molar-refractivity contribution in [1.29, 1.82) is 0 Å². The van der Waals surface area contributed by atoms with Gasteiger partial charge in [0.1, 0.15) is 30.8 Å². The standard InChI is InChI=1S/C24H20O3/c1-2-9-20-17(6-1)7-5-8-18(20)14-26-23-12-13-24(27-16-19-15-25-19)22-11-4-3-10-21(22)23/h1-13,19H,14-16H2. The summed E-state index contributed by atoms with van der Waals surface area (Å²) in [6, 6.07) is 26.9. The molecule has 27 heavy (non-hydrogen) atoms. The van der Waals surface area contributed by atoms with Gasteiger partial charge in [-0.2, -0.15) is 0 Å². The summed E-state index contributed by atoms with van der Waals surface area (Å²) in [4.78, 5) is 0. The van der Waals surface area contributed by atoms with Gasteiger partial charge in [-0.3, -0.25) is 0 Å². The van der Waals surface area contributed by atoms with E-state index in [1.165, 1.54) is 16.3 Å². The van der Waals surface area contributed by atoms with E-state index in [-0.39, 0.29) is 6.10 Å². The highest BCUT2D eigenvalue weighted by Gasteiger charge is 2.23.